The van der Waals surface area contributed by atoms with Crippen LogP contribution < -0.4 is 5.73 Å². The predicted molar refractivity (Wildman–Crippen MR) is 126 cm³/mol. The SMILES string of the molecule is CC.CC(=O)C(N)C(C)O.CCN1CCCC1(CCC(C)c1ccccc1)C(C)=O. The second-order valence-corrected chi connectivity index (χ2v) is 8.00. The Labute approximate surface area is 184 Å². The molecule has 0 saturated carbocycles. The molecule has 0 spiro atoms. The molecule has 3 N–H and O–H groups in total. The molecule has 1 fully saturated rings. The molecule has 0 radical (unpaired) electrons. The van der Waals surface area contributed by atoms with Crippen LogP contribution in [0.3, 0.4) is 0 Å². The van der Waals surface area contributed by atoms with E-state index in [2.05, 4.69) is 49.1 Å². The Kier molecular flexibility index (Phi) is 13.7. The van der Waals surface area contributed by atoms with E-state index in [-0.39, 0.29) is 11.3 Å². The number of carbonyl (C=O) groups excluding carboxylic acids is 2. The third-order valence-corrected chi connectivity index (χ3v) is 6.01. The van der Waals surface area contributed by atoms with Gasteiger partial charge in [0.05, 0.1) is 17.7 Å². The van der Waals surface area contributed by atoms with Crippen molar-refractivity contribution in [3.63, 3.8) is 0 Å². The summed E-state index contributed by atoms with van der Waals surface area (Å²) in [6, 6.07) is 9.92. The number of nitrogens with two attached hydrogens (primary N) is 1. The number of rotatable bonds is 8. The van der Waals surface area contributed by atoms with Crippen LogP contribution in [0.25, 0.3) is 0 Å². The van der Waals surface area contributed by atoms with E-state index in [0.29, 0.717) is 11.7 Å². The summed E-state index contributed by atoms with van der Waals surface area (Å²) in [6.45, 7) is 15.1. The quantitative estimate of drug-likeness (QED) is 0.654. The van der Waals surface area contributed by atoms with Crippen molar-refractivity contribution in [2.45, 2.75) is 97.8 Å². The molecule has 1 saturated heterocycles. The summed E-state index contributed by atoms with van der Waals surface area (Å²) in [5, 5.41) is 8.65. The molecule has 0 amide bonds. The smallest absolute Gasteiger partial charge is 0.150 e. The van der Waals surface area contributed by atoms with Crippen LogP contribution in [0, 0.1) is 0 Å². The molecule has 1 heterocycles. The van der Waals surface area contributed by atoms with Gasteiger partial charge in [0.1, 0.15) is 11.6 Å². The molecule has 5 nitrogen and oxygen atoms in total. The normalized spacial score (nSPS) is 21.4. The van der Waals surface area contributed by atoms with Gasteiger partial charge in [-0.05, 0) is 71.0 Å². The number of nitrogens with zero attached hydrogens (tertiary/aromatic N) is 1. The number of likely N-dealkylation sites (tertiary alicyclic amines) is 1. The summed E-state index contributed by atoms with van der Waals surface area (Å²) in [5.74, 6) is 0.698. The fraction of sp³-hybridized carbons (Fsp3) is 0.680. The van der Waals surface area contributed by atoms with Crippen LogP contribution in [0.5, 0.6) is 0 Å². The third-order valence-electron chi connectivity index (χ3n) is 6.01. The maximum atomic E-state index is 12.2. The van der Waals surface area contributed by atoms with Gasteiger partial charge >= 0.3 is 0 Å². The highest BCUT2D eigenvalue weighted by Crippen LogP contribution is 2.36. The van der Waals surface area contributed by atoms with Crippen LogP contribution in [0.15, 0.2) is 30.3 Å². The molecule has 1 aromatic carbocycles. The van der Waals surface area contributed by atoms with Crippen molar-refractivity contribution in [1.29, 1.82) is 0 Å². The molecule has 4 unspecified atom stereocenters. The standard InChI is InChI=1S/C18H27NO.C5H11NO2.C2H6/c1-4-19-14-8-12-18(19,16(3)20)13-11-15(2)17-9-6-5-7-10-17;1-3(7)5(6)4(2)8;1-2/h5-7,9-10,15H,4,8,11-14H2,1-3H3;3,5,7H,6H2,1-2H3;1-2H3. The second-order valence-electron chi connectivity index (χ2n) is 8.00. The number of aliphatic hydroxyl groups is 1. The van der Waals surface area contributed by atoms with Crippen molar-refractivity contribution >= 4 is 11.6 Å². The molecule has 0 bridgehead atoms. The minimum atomic E-state index is -0.729. The van der Waals surface area contributed by atoms with Gasteiger partial charge in [0.15, 0.2) is 0 Å². The molecule has 5 heteroatoms. The molecule has 1 aliphatic heterocycles. The van der Waals surface area contributed by atoms with Gasteiger partial charge in [-0.2, -0.15) is 0 Å². The van der Waals surface area contributed by atoms with E-state index in [1.54, 1.807) is 6.92 Å². The Bertz CT molecular complexity index is 618. The summed E-state index contributed by atoms with van der Waals surface area (Å²) in [7, 11) is 0. The van der Waals surface area contributed by atoms with Gasteiger partial charge in [0.2, 0.25) is 0 Å². The zero-order chi connectivity index (χ0) is 23.3. The molecule has 1 aliphatic rings. The lowest BCUT2D eigenvalue weighted by atomic mass is 9.82. The maximum Gasteiger partial charge on any atom is 0.150 e. The van der Waals surface area contributed by atoms with Gasteiger partial charge < -0.3 is 10.8 Å². The Balaban J connectivity index is 0.000000712. The summed E-state index contributed by atoms with van der Waals surface area (Å²) in [4.78, 5) is 24.9. The number of hydrogen-bond acceptors (Lipinski definition) is 5. The minimum absolute atomic E-state index is 0.181. The highest BCUT2D eigenvalue weighted by atomic mass is 16.3. The van der Waals surface area contributed by atoms with Gasteiger partial charge in [-0.3, -0.25) is 14.5 Å². The van der Waals surface area contributed by atoms with Crippen molar-refractivity contribution in [2.75, 3.05) is 13.1 Å². The van der Waals surface area contributed by atoms with E-state index in [1.165, 1.54) is 19.4 Å². The molecule has 0 aliphatic carbocycles. The van der Waals surface area contributed by atoms with E-state index >= 15 is 0 Å². The Hall–Kier alpha value is -1.56. The molecule has 2 rings (SSSR count). The molecular formula is C25H44N2O3. The minimum Gasteiger partial charge on any atom is -0.391 e. The van der Waals surface area contributed by atoms with Gasteiger partial charge in [0.25, 0.3) is 0 Å². The van der Waals surface area contributed by atoms with Crippen molar-refractivity contribution in [1.82, 2.24) is 4.90 Å². The lowest BCUT2D eigenvalue weighted by molar-refractivity contribution is -0.128. The van der Waals surface area contributed by atoms with Crippen molar-refractivity contribution in [2.24, 2.45) is 5.73 Å². The number of ketones is 2. The number of likely N-dealkylation sites (N-methyl/N-ethyl adjacent to an activating group) is 1. The van der Waals surface area contributed by atoms with Gasteiger partial charge in [-0.15, -0.1) is 0 Å². The van der Waals surface area contributed by atoms with Crippen LogP contribution >= 0.6 is 0 Å². The average molecular weight is 421 g/mol. The van der Waals surface area contributed by atoms with Crippen LogP contribution in [-0.2, 0) is 9.59 Å². The maximum absolute atomic E-state index is 12.2. The first-order valence-electron chi connectivity index (χ1n) is 11.4. The monoisotopic (exact) mass is 420 g/mol. The van der Waals surface area contributed by atoms with Crippen molar-refractivity contribution in [3.8, 4) is 0 Å². The van der Waals surface area contributed by atoms with E-state index in [1.807, 2.05) is 13.8 Å². The highest BCUT2D eigenvalue weighted by molar-refractivity contribution is 5.86. The number of benzene rings is 1. The van der Waals surface area contributed by atoms with Crippen LogP contribution in [0.1, 0.15) is 85.6 Å². The number of carbonyl (C=O) groups is 2. The summed E-state index contributed by atoms with van der Waals surface area (Å²) < 4.78 is 0. The lowest BCUT2D eigenvalue weighted by Gasteiger charge is -2.36. The Morgan fingerprint density at radius 3 is 2.13 bits per heavy atom. The zero-order valence-corrected chi connectivity index (χ0v) is 20.1. The van der Waals surface area contributed by atoms with Crippen LogP contribution in [0.4, 0.5) is 0 Å². The number of hydrogen-bond donors (Lipinski definition) is 2. The number of Topliss-reactive ketones (excluding diaryl/α,β-unsaturated/α-hetero) is 2. The molecule has 172 valence electrons. The van der Waals surface area contributed by atoms with E-state index in [0.717, 1.165) is 38.8 Å². The summed E-state index contributed by atoms with van der Waals surface area (Å²) in [5.41, 5.74) is 6.36. The molecule has 0 aromatic heterocycles. The predicted octanol–water partition coefficient (Wildman–Crippen LogP) is 4.32. The fourth-order valence-corrected chi connectivity index (χ4v) is 4.00. The first-order valence-corrected chi connectivity index (χ1v) is 11.4. The highest BCUT2D eigenvalue weighted by Gasteiger charge is 2.43. The third kappa shape index (κ3) is 8.29. The average Bonchev–Trinajstić information content (AvgIpc) is 3.18. The lowest BCUT2D eigenvalue weighted by Crippen LogP contribution is -2.49. The number of aliphatic hydroxyl groups excluding tert-OH is 1. The summed E-state index contributed by atoms with van der Waals surface area (Å²) >= 11 is 0. The van der Waals surface area contributed by atoms with E-state index in [4.69, 9.17) is 10.8 Å². The van der Waals surface area contributed by atoms with E-state index in [9.17, 15) is 9.59 Å². The Morgan fingerprint density at radius 1 is 1.17 bits per heavy atom. The fourth-order valence-electron chi connectivity index (χ4n) is 4.00. The molecule has 4 atom stereocenters. The van der Waals surface area contributed by atoms with Crippen LogP contribution in [-0.4, -0.2) is 52.3 Å². The summed E-state index contributed by atoms with van der Waals surface area (Å²) in [6.07, 6.45) is 3.55. The van der Waals surface area contributed by atoms with Crippen molar-refractivity contribution in [3.05, 3.63) is 35.9 Å². The van der Waals surface area contributed by atoms with Gasteiger partial charge in [-0.1, -0.05) is 58.0 Å². The van der Waals surface area contributed by atoms with E-state index < -0.39 is 12.1 Å². The first-order chi connectivity index (χ1) is 14.2. The van der Waals surface area contributed by atoms with Gasteiger partial charge in [0, 0.05) is 0 Å². The molecule has 1 aromatic rings. The van der Waals surface area contributed by atoms with Crippen LogP contribution in [0.2, 0.25) is 0 Å². The zero-order valence-electron chi connectivity index (χ0n) is 20.1. The molecular weight excluding hydrogens is 376 g/mol. The Morgan fingerprint density at radius 2 is 1.73 bits per heavy atom. The van der Waals surface area contributed by atoms with Gasteiger partial charge in [-0.25, -0.2) is 0 Å². The first kappa shape index (κ1) is 28.4. The second kappa shape index (κ2) is 14.4. The largest absolute Gasteiger partial charge is 0.391 e. The molecule has 30 heavy (non-hydrogen) atoms. The topological polar surface area (TPSA) is 83.6 Å². The van der Waals surface area contributed by atoms with Crippen molar-refractivity contribution < 1.29 is 14.7 Å².